The SMILES string of the molecule is O=C(NC1C2C3CCC(C3)C12)c1ccnc(F)c1F. The van der Waals surface area contributed by atoms with Crippen LogP contribution in [-0.4, -0.2) is 16.9 Å². The lowest BCUT2D eigenvalue weighted by Gasteiger charge is -2.11. The molecule has 100 valence electrons. The highest BCUT2D eigenvalue weighted by Crippen LogP contribution is 2.65. The second-order valence-corrected chi connectivity index (χ2v) is 5.95. The van der Waals surface area contributed by atoms with Crippen molar-refractivity contribution in [3.05, 3.63) is 29.6 Å². The fourth-order valence-electron chi connectivity index (χ4n) is 4.34. The average Bonchev–Trinajstić information content (AvgIpc) is 2.81. The van der Waals surface area contributed by atoms with E-state index in [4.69, 9.17) is 0 Å². The number of hydrogen-bond donors (Lipinski definition) is 1. The van der Waals surface area contributed by atoms with Crippen LogP contribution in [0.4, 0.5) is 8.78 Å². The summed E-state index contributed by atoms with van der Waals surface area (Å²) in [6.45, 7) is 0. The Hall–Kier alpha value is -1.52. The minimum absolute atomic E-state index is 0.175. The fourth-order valence-corrected chi connectivity index (χ4v) is 4.34. The van der Waals surface area contributed by atoms with Crippen molar-refractivity contribution in [1.29, 1.82) is 0 Å². The van der Waals surface area contributed by atoms with Crippen LogP contribution in [0, 0.1) is 35.4 Å². The summed E-state index contributed by atoms with van der Waals surface area (Å²) in [4.78, 5) is 15.2. The van der Waals surface area contributed by atoms with E-state index in [1.807, 2.05) is 0 Å². The van der Waals surface area contributed by atoms with E-state index in [-0.39, 0.29) is 11.6 Å². The van der Waals surface area contributed by atoms with Gasteiger partial charge in [-0.15, -0.1) is 0 Å². The Morgan fingerprint density at radius 2 is 1.95 bits per heavy atom. The Morgan fingerprint density at radius 1 is 1.26 bits per heavy atom. The van der Waals surface area contributed by atoms with Crippen molar-refractivity contribution < 1.29 is 13.6 Å². The summed E-state index contributed by atoms with van der Waals surface area (Å²) in [6, 6.07) is 1.40. The maximum absolute atomic E-state index is 13.5. The third-order valence-corrected chi connectivity index (χ3v) is 5.12. The van der Waals surface area contributed by atoms with E-state index in [0.717, 1.165) is 18.0 Å². The molecule has 1 aromatic heterocycles. The maximum Gasteiger partial charge on any atom is 0.254 e. The molecule has 0 aromatic carbocycles. The van der Waals surface area contributed by atoms with Crippen molar-refractivity contribution in [3.8, 4) is 0 Å². The Balaban J connectivity index is 1.50. The average molecular weight is 264 g/mol. The Bertz CT molecular complexity index is 546. The molecule has 1 heterocycles. The molecule has 1 N–H and O–H groups in total. The zero-order chi connectivity index (χ0) is 13.1. The highest BCUT2D eigenvalue weighted by atomic mass is 19.2. The van der Waals surface area contributed by atoms with Gasteiger partial charge in [-0.05, 0) is 49.0 Å². The topological polar surface area (TPSA) is 42.0 Å². The maximum atomic E-state index is 13.5. The molecular formula is C14H14F2N2O. The zero-order valence-electron chi connectivity index (χ0n) is 10.3. The van der Waals surface area contributed by atoms with E-state index < -0.39 is 17.7 Å². The van der Waals surface area contributed by atoms with Crippen molar-refractivity contribution in [2.24, 2.45) is 23.7 Å². The van der Waals surface area contributed by atoms with Crippen LogP contribution in [0.15, 0.2) is 12.3 Å². The summed E-state index contributed by atoms with van der Waals surface area (Å²) in [5.41, 5.74) is -0.246. The summed E-state index contributed by atoms with van der Waals surface area (Å²) in [6.07, 6.45) is 4.93. The van der Waals surface area contributed by atoms with Gasteiger partial charge in [0.2, 0.25) is 5.95 Å². The molecule has 4 unspecified atom stereocenters. The third-order valence-electron chi connectivity index (χ3n) is 5.12. The van der Waals surface area contributed by atoms with Crippen LogP contribution in [0.25, 0.3) is 0 Å². The Kier molecular flexibility index (Phi) is 2.23. The summed E-state index contributed by atoms with van der Waals surface area (Å²) < 4.78 is 26.5. The first kappa shape index (κ1) is 11.3. The monoisotopic (exact) mass is 264 g/mol. The summed E-state index contributed by atoms with van der Waals surface area (Å²) in [7, 11) is 0. The van der Waals surface area contributed by atoms with Gasteiger partial charge in [-0.2, -0.15) is 4.39 Å². The molecule has 0 saturated heterocycles. The van der Waals surface area contributed by atoms with Crippen LogP contribution in [0.3, 0.4) is 0 Å². The van der Waals surface area contributed by atoms with E-state index >= 15 is 0 Å². The number of amides is 1. The van der Waals surface area contributed by atoms with Gasteiger partial charge in [-0.3, -0.25) is 4.79 Å². The summed E-state index contributed by atoms with van der Waals surface area (Å²) in [5.74, 6) is -0.261. The smallest absolute Gasteiger partial charge is 0.254 e. The molecule has 1 aromatic rings. The van der Waals surface area contributed by atoms with Crippen molar-refractivity contribution >= 4 is 5.91 Å². The molecule has 0 radical (unpaired) electrons. The van der Waals surface area contributed by atoms with E-state index in [9.17, 15) is 13.6 Å². The molecule has 1 amide bonds. The minimum Gasteiger partial charge on any atom is -0.349 e. The number of nitrogens with zero attached hydrogens (tertiary/aromatic N) is 1. The standard InChI is InChI=1S/C14H14F2N2O/c15-11-8(3-4-17-13(11)16)14(19)18-12-9-6-1-2-7(5-6)10(9)12/h3-4,6-7,9-10,12H,1-2,5H2,(H,18,19). The van der Waals surface area contributed by atoms with Crippen molar-refractivity contribution in [3.63, 3.8) is 0 Å². The predicted molar refractivity (Wildman–Crippen MR) is 63.2 cm³/mol. The molecule has 3 aliphatic carbocycles. The first-order valence-electron chi connectivity index (χ1n) is 6.77. The molecule has 3 fully saturated rings. The number of halogens is 2. The van der Waals surface area contributed by atoms with Gasteiger partial charge in [0.25, 0.3) is 5.91 Å². The van der Waals surface area contributed by atoms with Crippen molar-refractivity contribution in [1.82, 2.24) is 10.3 Å². The van der Waals surface area contributed by atoms with Crippen molar-refractivity contribution in [2.45, 2.75) is 25.3 Å². The lowest BCUT2D eigenvalue weighted by Crippen LogP contribution is -2.30. The number of pyridine rings is 1. The van der Waals surface area contributed by atoms with Crippen LogP contribution >= 0.6 is 0 Å². The Labute approximate surface area is 109 Å². The highest BCUT2D eigenvalue weighted by Gasteiger charge is 2.65. The second-order valence-electron chi connectivity index (χ2n) is 5.95. The number of carbonyl (C=O) groups excluding carboxylic acids is 1. The molecule has 19 heavy (non-hydrogen) atoms. The van der Waals surface area contributed by atoms with Gasteiger partial charge >= 0.3 is 0 Å². The van der Waals surface area contributed by atoms with E-state index in [0.29, 0.717) is 11.8 Å². The largest absolute Gasteiger partial charge is 0.349 e. The second kappa shape index (κ2) is 3.74. The molecule has 5 heteroatoms. The Morgan fingerprint density at radius 3 is 2.63 bits per heavy atom. The highest BCUT2D eigenvalue weighted by molar-refractivity contribution is 5.94. The molecule has 3 saturated carbocycles. The van der Waals surface area contributed by atoms with Crippen LogP contribution in [0.5, 0.6) is 0 Å². The summed E-state index contributed by atoms with van der Waals surface area (Å²) in [5, 5.41) is 2.87. The van der Waals surface area contributed by atoms with Gasteiger partial charge in [-0.1, -0.05) is 0 Å². The van der Waals surface area contributed by atoms with Crippen molar-refractivity contribution in [2.75, 3.05) is 0 Å². The van der Waals surface area contributed by atoms with Crippen LogP contribution in [0.2, 0.25) is 0 Å². The third kappa shape index (κ3) is 1.53. The number of fused-ring (bicyclic) bond motifs is 5. The number of carbonyl (C=O) groups is 1. The van der Waals surface area contributed by atoms with Crippen LogP contribution < -0.4 is 5.32 Å². The normalized spacial score (nSPS) is 38.1. The van der Waals surface area contributed by atoms with Gasteiger partial charge < -0.3 is 5.32 Å². The molecule has 4 rings (SSSR count). The lowest BCUT2D eigenvalue weighted by molar-refractivity contribution is 0.0938. The molecule has 3 aliphatic rings. The van der Waals surface area contributed by atoms with Gasteiger partial charge in [0.05, 0.1) is 5.56 Å². The van der Waals surface area contributed by atoms with E-state index in [2.05, 4.69) is 10.3 Å². The number of nitrogens with one attached hydrogen (secondary N) is 1. The zero-order valence-corrected chi connectivity index (χ0v) is 10.3. The first-order chi connectivity index (χ1) is 9.16. The van der Waals surface area contributed by atoms with Gasteiger partial charge in [0, 0.05) is 12.2 Å². The molecule has 3 nitrogen and oxygen atoms in total. The number of hydrogen-bond acceptors (Lipinski definition) is 2. The predicted octanol–water partition coefficient (Wildman–Crippen LogP) is 2.13. The first-order valence-corrected chi connectivity index (χ1v) is 6.77. The molecular weight excluding hydrogens is 250 g/mol. The number of aromatic nitrogens is 1. The van der Waals surface area contributed by atoms with Gasteiger partial charge in [0.15, 0.2) is 5.82 Å². The summed E-state index contributed by atoms with van der Waals surface area (Å²) >= 11 is 0. The molecule has 0 spiro atoms. The molecule has 2 bridgehead atoms. The van der Waals surface area contributed by atoms with Gasteiger partial charge in [0.1, 0.15) is 0 Å². The number of rotatable bonds is 2. The molecule has 0 aliphatic heterocycles. The minimum atomic E-state index is -1.22. The fraction of sp³-hybridized carbons (Fsp3) is 0.571. The van der Waals surface area contributed by atoms with Crippen LogP contribution in [0.1, 0.15) is 29.6 Å². The molecule has 4 atom stereocenters. The van der Waals surface area contributed by atoms with Gasteiger partial charge in [-0.25, -0.2) is 9.37 Å². The lowest BCUT2D eigenvalue weighted by atomic mass is 10.0. The van der Waals surface area contributed by atoms with E-state index in [1.54, 1.807) is 0 Å². The van der Waals surface area contributed by atoms with E-state index in [1.165, 1.54) is 25.3 Å². The quantitative estimate of drug-likeness (QED) is 0.831. The van der Waals surface area contributed by atoms with Crippen LogP contribution in [-0.2, 0) is 0 Å².